The van der Waals surface area contributed by atoms with Crippen molar-refractivity contribution in [2.45, 2.75) is 39.3 Å². The van der Waals surface area contributed by atoms with Gasteiger partial charge in [0.2, 0.25) is 6.79 Å². The largest absolute Gasteiger partial charge is 0.454 e. The van der Waals surface area contributed by atoms with Crippen LogP contribution in [0.15, 0.2) is 33.1 Å². The second-order valence-corrected chi connectivity index (χ2v) is 8.63. The Balaban J connectivity index is 1.54. The summed E-state index contributed by atoms with van der Waals surface area (Å²) in [6.07, 6.45) is 1.09. The molecule has 9 heteroatoms. The molecule has 2 atom stereocenters. The molecule has 1 aromatic carbocycles. The topological polar surface area (TPSA) is 80.2 Å². The van der Waals surface area contributed by atoms with Gasteiger partial charge in [-0.3, -0.25) is 0 Å². The van der Waals surface area contributed by atoms with E-state index < -0.39 is 0 Å². The Bertz CT molecular complexity index is 1120. The number of aromatic nitrogens is 2. The first-order valence-electron chi connectivity index (χ1n) is 10.4. The van der Waals surface area contributed by atoms with Gasteiger partial charge in [-0.25, -0.2) is 4.99 Å². The van der Waals surface area contributed by atoms with Gasteiger partial charge in [0, 0.05) is 18.1 Å². The van der Waals surface area contributed by atoms with Gasteiger partial charge in [-0.05, 0) is 39.3 Å². The average molecular weight is 444 g/mol. The fraction of sp³-hybridized carbons (Fsp3) is 0.455. The van der Waals surface area contributed by atoms with Gasteiger partial charge in [0.15, 0.2) is 16.3 Å². The Labute approximate surface area is 184 Å². The van der Waals surface area contributed by atoms with Crippen LogP contribution in [0.4, 0.5) is 5.69 Å². The van der Waals surface area contributed by atoms with Crippen LogP contribution in [0.1, 0.15) is 30.8 Å². The summed E-state index contributed by atoms with van der Waals surface area (Å²) < 4.78 is 30.1. The summed E-state index contributed by atoms with van der Waals surface area (Å²) in [4.78, 5) is 5.79. The van der Waals surface area contributed by atoms with Crippen LogP contribution < -0.4 is 14.3 Å². The van der Waals surface area contributed by atoms with Gasteiger partial charge >= 0.3 is 0 Å². The zero-order chi connectivity index (χ0) is 21.4. The van der Waals surface area contributed by atoms with E-state index in [1.807, 2.05) is 32.0 Å². The van der Waals surface area contributed by atoms with Gasteiger partial charge in [-0.2, -0.15) is 0 Å². The van der Waals surface area contributed by atoms with Crippen LogP contribution in [0.25, 0.3) is 11.3 Å². The maximum atomic E-state index is 6.13. The lowest BCUT2D eigenvalue weighted by atomic mass is 10.1. The van der Waals surface area contributed by atoms with Crippen LogP contribution in [-0.2, 0) is 9.47 Å². The molecule has 0 bridgehead atoms. The predicted molar refractivity (Wildman–Crippen MR) is 115 cm³/mol. The molecule has 31 heavy (non-hydrogen) atoms. The van der Waals surface area contributed by atoms with Crippen LogP contribution in [-0.4, -0.2) is 42.4 Å². The highest BCUT2D eigenvalue weighted by Crippen LogP contribution is 2.35. The number of benzene rings is 1. The van der Waals surface area contributed by atoms with Crippen molar-refractivity contribution in [2.75, 3.05) is 26.6 Å². The third-order valence-corrected chi connectivity index (χ3v) is 6.35. The number of ether oxygens (including phenoxy) is 4. The number of aryl methyl sites for hydroxylation is 2. The van der Waals surface area contributed by atoms with E-state index in [0.717, 1.165) is 52.0 Å². The number of rotatable bonds is 6. The van der Waals surface area contributed by atoms with E-state index in [9.17, 15) is 0 Å². The molecular formula is C22H25N3O5S. The van der Waals surface area contributed by atoms with E-state index >= 15 is 0 Å². The fourth-order valence-corrected chi connectivity index (χ4v) is 4.92. The van der Waals surface area contributed by atoms with E-state index in [1.54, 1.807) is 11.3 Å². The highest BCUT2D eigenvalue weighted by Gasteiger charge is 2.23. The molecule has 8 nitrogen and oxygen atoms in total. The molecule has 164 valence electrons. The summed E-state index contributed by atoms with van der Waals surface area (Å²) in [5.74, 6) is 2.25. The maximum absolute atomic E-state index is 6.13. The summed E-state index contributed by atoms with van der Waals surface area (Å²) >= 11 is 1.58. The van der Waals surface area contributed by atoms with Crippen molar-refractivity contribution in [3.05, 3.63) is 39.8 Å². The van der Waals surface area contributed by atoms with Crippen LogP contribution in [0.3, 0.4) is 0 Å². The molecule has 0 radical (unpaired) electrons. The van der Waals surface area contributed by atoms with Crippen molar-refractivity contribution in [3.63, 3.8) is 0 Å². The minimum atomic E-state index is 0.0586. The van der Waals surface area contributed by atoms with E-state index in [1.165, 1.54) is 0 Å². The molecule has 2 unspecified atom stereocenters. The van der Waals surface area contributed by atoms with Crippen molar-refractivity contribution < 1.29 is 23.5 Å². The van der Waals surface area contributed by atoms with Gasteiger partial charge in [0.05, 0.1) is 48.0 Å². The van der Waals surface area contributed by atoms with E-state index in [-0.39, 0.29) is 18.9 Å². The van der Waals surface area contributed by atoms with Crippen molar-refractivity contribution in [2.24, 2.45) is 4.99 Å². The third-order valence-electron chi connectivity index (χ3n) is 5.51. The molecule has 2 aromatic heterocycles. The number of hydrogen-bond donors (Lipinski definition) is 0. The normalized spacial score (nSPS) is 19.3. The molecule has 3 aromatic rings. The minimum absolute atomic E-state index is 0.0586. The lowest BCUT2D eigenvalue weighted by molar-refractivity contribution is 0.0271. The molecule has 0 aliphatic carbocycles. The second-order valence-electron chi connectivity index (χ2n) is 7.79. The first kappa shape index (κ1) is 20.3. The zero-order valence-electron chi connectivity index (χ0n) is 17.8. The molecule has 1 fully saturated rings. The molecule has 0 amide bonds. The molecule has 5 rings (SSSR count). The summed E-state index contributed by atoms with van der Waals surface area (Å²) in [5.41, 5.74) is 3.69. The standard InChI is InChI=1S/C22H25N3O5S/c1-13(9-27-17-6-7-26-10-17)25-18(21-14(2)24-30-15(21)3)11-31-22(25)23-16-4-5-19-20(8-16)29-12-28-19/h4-5,8,11,13,17H,6-7,9-10,12H2,1-3H3. The number of hydrogen-bond acceptors (Lipinski definition) is 8. The lowest BCUT2D eigenvalue weighted by Gasteiger charge is -2.19. The van der Waals surface area contributed by atoms with Crippen LogP contribution in [0.2, 0.25) is 0 Å². The number of nitrogens with zero attached hydrogens (tertiary/aromatic N) is 3. The van der Waals surface area contributed by atoms with Crippen molar-refractivity contribution in [3.8, 4) is 22.8 Å². The van der Waals surface area contributed by atoms with Crippen LogP contribution >= 0.6 is 11.3 Å². The Kier molecular flexibility index (Phi) is 5.56. The zero-order valence-corrected chi connectivity index (χ0v) is 18.6. The number of fused-ring (bicyclic) bond motifs is 1. The summed E-state index contributed by atoms with van der Waals surface area (Å²) in [5, 5.41) is 6.25. The van der Waals surface area contributed by atoms with Gasteiger partial charge in [0.25, 0.3) is 0 Å². The monoisotopic (exact) mass is 443 g/mol. The van der Waals surface area contributed by atoms with Gasteiger partial charge in [0.1, 0.15) is 5.76 Å². The SMILES string of the molecule is Cc1noc(C)c1-c1csc(=Nc2ccc3c(c2)OCO3)n1C(C)COC1CCOC1. The summed E-state index contributed by atoms with van der Waals surface area (Å²) in [6.45, 7) is 8.26. The average Bonchev–Trinajstić information content (AvgIpc) is 3.54. The smallest absolute Gasteiger partial charge is 0.231 e. The van der Waals surface area contributed by atoms with Crippen molar-refractivity contribution >= 4 is 17.0 Å². The van der Waals surface area contributed by atoms with E-state index in [2.05, 4.69) is 22.0 Å². The van der Waals surface area contributed by atoms with Crippen LogP contribution in [0, 0.1) is 13.8 Å². The summed E-state index contributed by atoms with van der Waals surface area (Å²) in [7, 11) is 0. The third kappa shape index (κ3) is 4.00. The molecule has 0 spiro atoms. The Morgan fingerprint density at radius 2 is 2.16 bits per heavy atom. The Hall–Kier alpha value is -2.62. The molecule has 0 N–H and O–H groups in total. The molecule has 2 aliphatic rings. The molecule has 1 saturated heterocycles. The summed E-state index contributed by atoms with van der Waals surface area (Å²) in [6, 6.07) is 5.78. The van der Waals surface area contributed by atoms with Crippen molar-refractivity contribution in [1.82, 2.24) is 9.72 Å². The first-order chi connectivity index (χ1) is 15.1. The van der Waals surface area contributed by atoms with Crippen LogP contribution in [0.5, 0.6) is 11.5 Å². The van der Waals surface area contributed by atoms with Crippen molar-refractivity contribution in [1.29, 1.82) is 0 Å². The molecule has 2 aliphatic heterocycles. The molecule has 4 heterocycles. The highest BCUT2D eigenvalue weighted by atomic mass is 32.1. The Morgan fingerprint density at radius 3 is 2.94 bits per heavy atom. The number of thiazole rings is 1. The fourth-order valence-electron chi connectivity index (χ4n) is 3.92. The Morgan fingerprint density at radius 1 is 1.29 bits per heavy atom. The van der Waals surface area contributed by atoms with Gasteiger partial charge in [-0.15, -0.1) is 11.3 Å². The van der Waals surface area contributed by atoms with E-state index in [4.69, 9.17) is 28.5 Å². The molecular weight excluding hydrogens is 418 g/mol. The lowest BCUT2D eigenvalue weighted by Crippen LogP contribution is -2.26. The second kappa shape index (κ2) is 8.49. The maximum Gasteiger partial charge on any atom is 0.231 e. The van der Waals surface area contributed by atoms with E-state index in [0.29, 0.717) is 19.0 Å². The predicted octanol–water partition coefficient (Wildman–Crippen LogP) is 4.15. The van der Waals surface area contributed by atoms with Gasteiger partial charge < -0.3 is 28.0 Å². The first-order valence-corrected chi connectivity index (χ1v) is 11.2. The van der Waals surface area contributed by atoms with Gasteiger partial charge in [-0.1, -0.05) is 5.16 Å². The highest BCUT2D eigenvalue weighted by molar-refractivity contribution is 7.07. The quantitative estimate of drug-likeness (QED) is 0.569. The minimum Gasteiger partial charge on any atom is -0.454 e. The molecule has 0 saturated carbocycles.